The van der Waals surface area contributed by atoms with E-state index in [2.05, 4.69) is 43.0 Å². The van der Waals surface area contributed by atoms with Gasteiger partial charge in [-0.3, -0.25) is 0 Å². The van der Waals surface area contributed by atoms with Crippen LogP contribution in [0.15, 0.2) is 15.4 Å². The number of anilines is 2. The monoisotopic (exact) mass is 358 g/mol. The van der Waals surface area contributed by atoms with Crippen LogP contribution < -0.4 is 10.6 Å². The zero-order valence-corrected chi connectivity index (χ0v) is 14.4. The molecule has 0 amide bonds. The van der Waals surface area contributed by atoms with Gasteiger partial charge in [0.25, 0.3) is 5.13 Å². The van der Waals surface area contributed by atoms with Gasteiger partial charge in [-0.1, -0.05) is 23.1 Å². The molecule has 3 N–H and O–H groups in total. The van der Waals surface area contributed by atoms with Crippen LogP contribution >= 0.6 is 35.7 Å². The number of nitrogen functional groups attached to an aromatic ring is 1. The van der Waals surface area contributed by atoms with Crippen LogP contribution in [-0.4, -0.2) is 50.9 Å². The van der Waals surface area contributed by atoms with E-state index in [1.807, 2.05) is 11.9 Å². The van der Waals surface area contributed by atoms with Crippen molar-refractivity contribution in [2.24, 2.45) is 10.2 Å². The highest BCUT2D eigenvalue weighted by Gasteiger charge is 2.12. The average molecular weight is 358 g/mol. The van der Waals surface area contributed by atoms with Gasteiger partial charge in [-0.25, -0.2) is 4.98 Å². The van der Waals surface area contributed by atoms with Gasteiger partial charge in [0.05, 0.1) is 0 Å². The lowest BCUT2D eigenvalue weighted by molar-refractivity contribution is 0.447. The van der Waals surface area contributed by atoms with Crippen molar-refractivity contribution in [3.8, 4) is 5.88 Å². The highest BCUT2D eigenvalue weighted by molar-refractivity contribution is 7.98. The number of thioether (sulfide) groups is 1. The van der Waals surface area contributed by atoms with E-state index >= 15 is 0 Å². The van der Waals surface area contributed by atoms with Crippen molar-refractivity contribution in [3.05, 3.63) is 0 Å². The zero-order valence-electron chi connectivity index (χ0n) is 11.8. The lowest BCUT2D eigenvalue weighted by Gasteiger charge is -2.11. The topological polar surface area (TPSA) is 126 Å². The van der Waals surface area contributed by atoms with Crippen LogP contribution in [-0.2, 0) is 0 Å². The second kappa shape index (κ2) is 7.56. The molecule has 0 radical (unpaired) electrons. The summed E-state index contributed by atoms with van der Waals surface area (Å²) < 4.78 is 0. The number of aromatic hydroxyl groups is 1. The van der Waals surface area contributed by atoms with Crippen molar-refractivity contribution in [1.82, 2.24) is 20.2 Å². The van der Waals surface area contributed by atoms with E-state index in [4.69, 9.17) is 5.73 Å². The molecule has 2 heterocycles. The highest BCUT2D eigenvalue weighted by atomic mass is 32.2. The summed E-state index contributed by atoms with van der Waals surface area (Å²) in [6, 6.07) is 0. The molecule has 22 heavy (non-hydrogen) atoms. The van der Waals surface area contributed by atoms with E-state index < -0.39 is 0 Å². The Morgan fingerprint density at radius 1 is 1.36 bits per heavy atom. The number of hydrogen-bond acceptors (Lipinski definition) is 12. The van der Waals surface area contributed by atoms with E-state index in [0.717, 1.165) is 6.54 Å². The van der Waals surface area contributed by atoms with Crippen molar-refractivity contribution in [2.45, 2.75) is 5.16 Å². The molecule has 12 heteroatoms. The summed E-state index contributed by atoms with van der Waals surface area (Å²) >= 11 is 6.69. The Kier molecular flexibility index (Phi) is 5.74. The largest absolute Gasteiger partial charge is 0.492 e. The molecule has 0 bridgehead atoms. The molecular formula is C10H14N8OS3. The summed E-state index contributed by atoms with van der Waals surface area (Å²) in [6.07, 6.45) is 1.78. The molecule has 0 aromatic carbocycles. The molecule has 118 valence electrons. The zero-order chi connectivity index (χ0) is 16.1. The van der Waals surface area contributed by atoms with Gasteiger partial charge in [-0.2, -0.15) is 17.6 Å². The molecule has 2 aromatic rings. The number of azo groups is 1. The molecule has 0 aliphatic rings. The van der Waals surface area contributed by atoms with E-state index in [9.17, 15) is 5.11 Å². The number of nitrogens with zero attached hydrogens (tertiary/aromatic N) is 7. The fraction of sp³-hybridized carbons (Fsp3) is 0.400. The molecular weight excluding hydrogens is 344 g/mol. The van der Waals surface area contributed by atoms with E-state index in [0.29, 0.717) is 21.2 Å². The third-order valence-corrected chi connectivity index (χ3v) is 4.13. The van der Waals surface area contributed by atoms with Gasteiger partial charge < -0.3 is 15.7 Å². The number of aromatic nitrogens is 4. The standard InChI is InChI=1S/C10H14N8OS3/c1-18(3-4-20)10-17-16-9(22-10)15-14-5-6(11)12-8(21-2)13-7(5)19/h20H,3-4H2,1-2H3,(H3,11,12,13,19)/b15-14+. The molecule has 0 spiro atoms. The van der Waals surface area contributed by atoms with Gasteiger partial charge in [0.15, 0.2) is 16.7 Å². The second-order valence-electron chi connectivity index (χ2n) is 3.98. The van der Waals surface area contributed by atoms with Crippen LogP contribution in [0.2, 0.25) is 0 Å². The highest BCUT2D eigenvalue weighted by Crippen LogP contribution is 2.34. The molecule has 0 saturated heterocycles. The molecule has 0 unspecified atom stereocenters. The number of rotatable bonds is 6. The smallest absolute Gasteiger partial charge is 0.253 e. The second-order valence-corrected chi connectivity index (χ2v) is 6.14. The Morgan fingerprint density at radius 2 is 2.14 bits per heavy atom. The van der Waals surface area contributed by atoms with Crippen LogP contribution in [0.25, 0.3) is 0 Å². The molecule has 2 rings (SSSR count). The van der Waals surface area contributed by atoms with E-state index in [1.165, 1.54) is 23.1 Å². The first-order chi connectivity index (χ1) is 10.5. The van der Waals surface area contributed by atoms with Gasteiger partial charge in [-0.15, -0.1) is 20.4 Å². The van der Waals surface area contributed by atoms with Gasteiger partial charge in [0.2, 0.25) is 11.0 Å². The van der Waals surface area contributed by atoms with Gasteiger partial charge in [0, 0.05) is 19.3 Å². The molecule has 0 aliphatic carbocycles. The Bertz CT molecular complexity index is 653. The molecule has 0 aliphatic heterocycles. The first kappa shape index (κ1) is 16.7. The quantitative estimate of drug-likeness (QED) is 0.310. The summed E-state index contributed by atoms with van der Waals surface area (Å²) in [5.74, 6) is 0.436. The van der Waals surface area contributed by atoms with Crippen LogP contribution in [0.1, 0.15) is 0 Å². The lowest BCUT2D eigenvalue weighted by atomic mass is 10.5. The van der Waals surface area contributed by atoms with Crippen LogP contribution in [0, 0.1) is 0 Å². The third kappa shape index (κ3) is 3.96. The van der Waals surface area contributed by atoms with E-state index in [1.54, 1.807) is 6.26 Å². The van der Waals surface area contributed by atoms with Gasteiger partial charge in [0.1, 0.15) is 0 Å². The maximum absolute atomic E-state index is 9.80. The number of nitrogens with two attached hydrogens (primary N) is 1. The minimum Gasteiger partial charge on any atom is -0.492 e. The molecule has 2 aromatic heterocycles. The van der Waals surface area contributed by atoms with Crippen LogP contribution in [0.3, 0.4) is 0 Å². The SMILES string of the molecule is CSc1nc(N)c(/N=N/c2nnc(N(C)CCS)s2)c(O)n1. The lowest BCUT2D eigenvalue weighted by Crippen LogP contribution is -2.19. The number of hydrogen-bond donors (Lipinski definition) is 3. The predicted molar refractivity (Wildman–Crippen MR) is 91.1 cm³/mol. The molecule has 9 nitrogen and oxygen atoms in total. The normalized spacial score (nSPS) is 11.2. The minimum absolute atomic E-state index is 0.0123. The summed E-state index contributed by atoms with van der Waals surface area (Å²) in [5, 5.41) is 26.9. The predicted octanol–water partition coefficient (Wildman–Crippen LogP) is 2.12. The fourth-order valence-corrected chi connectivity index (χ4v) is 2.69. The third-order valence-electron chi connectivity index (χ3n) is 2.46. The first-order valence-electron chi connectivity index (χ1n) is 6.03. The van der Waals surface area contributed by atoms with Crippen LogP contribution in [0.4, 0.5) is 21.8 Å². The molecule has 0 fully saturated rings. The van der Waals surface area contributed by atoms with Crippen molar-refractivity contribution in [2.75, 3.05) is 36.2 Å². The Balaban J connectivity index is 2.19. The maximum atomic E-state index is 9.80. The Hall–Kier alpha value is -1.66. The number of thiol groups is 1. The summed E-state index contributed by atoms with van der Waals surface area (Å²) in [7, 11) is 1.89. The Morgan fingerprint density at radius 3 is 2.77 bits per heavy atom. The van der Waals surface area contributed by atoms with Crippen molar-refractivity contribution in [1.29, 1.82) is 0 Å². The maximum Gasteiger partial charge on any atom is 0.253 e. The average Bonchev–Trinajstić information content (AvgIpc) is 2.95. The molecule has 0 atom stereocenters. The van der Waals surface area contributed by atoms with Crippen molar-refractivity contribution < 1.29 is 5.11 Å². The summed E-state index contributed by atoms with van der Waals surface area (Å²) in [6.45, 7) is 0.743. The van der Waals surface area contributed by atoms with Gasteiger partial charge in [-0.05, 0) is 6.26 Å². The van der Waals surface area contributed by atoms with Gasteiger partial charge >= 0.3 is 0 Å². The first-order valence-corrected chi connectivity index (χ1v) is 8.70. The summed E-state index contributed by atoms with van der Waals surface area (Å²) in [5.41, 5.74) is 5.74. The van der Waals surface area contributed by atoms with E-state index in [-0.39, 0.29) is 17.4 Å². The van der Waals surface area contributed by atoms with Crippen LogP contribution in [0.5, 0.6) is 5.88 Å². The minimum atomic E-state index is -0.322. The van der Waals surface area contributed by atoms with Crippen molar-refractivity contribution in [3.63, 3.8) is 0 Å². The van der Waals surface area contributed by atoms with Crippen molar-refractivity contribution >= 4 is 57.5 Å². The fourth-order valence-electron chi connectivity index (χ4n) is 1.37. The Labute approximate surface area is 140 Å². The summed E-state index contributed by atoms with van der Waals surface area (Å²) in [4.78, 5) is 9.74. The molecule has 0 saturated carbocycles.